The number of rotatable bonds is 6. The standard InChI is InChI=1S/C14H19N3O2/c1-14(2,9-15)7-4-8-19-12-10(13(17)18)5-3-6-11(12)16/h3,5-6H,4,7-8,16H2,1-2H3,(H2,17,18). The van der Waals surface area contributed by atoms with Gasteiger partial charge in [-0.1, -0.05) is 6.07 Å². The van der Waals surface area contributed by atoms with Crippen LogP contribution in [-0.4, -0.2) is 12.5 Å². The molecule has 5 heteroatoms. The number of amides is 1. The van der Waals surface area contributed by atoms with Crippen LogP contribution < -0.4 is 16.2 Å². The minimum absolute atomic E-state index is 0.277. The molecular formula is C14H19N3O2. The van der Waals surface area contributed by atoms with Gasteiger partial charge in [-0.2, -0.15) is 5.26 Å². The van der Waals surface area contributed by atoms with Crippen LogP contribution in [0.5, 0.6) is 5.75 Å². The second-order valence-corrected chi connectivity index (χ2v) is 5.04. The molecule has 0 fully saturated rings. The van der Waals surface area contributed by atoms with Gasteiger partial charge >= 0.3 is 0 Å². The summed E-state index contributed by atoms with van der Waals surface area (Å²) in [4.78, 5) is 11.3. The monoisotopic (exact) mass is 261 g/mol. The summed E-state index contributed by atoms with van der Waals surface area (Å²) in [6, 6.07) is 7.11. The first-order valence-electron chi connectivity index (χ1n) is 6.10. The summed E-state index contributed by atoms with van der Waals surface area (Å²) in [5, 5.41) is 8.90. The zero-order chi connectivity index (χ0) is 14.5. The SMILES string of the molecule is CC(C)(C#N)CCCOc1c(N)cccc1C(N)=O. The van der Waals surface area contributed by atoms with Crippen LogP contribution in [0.15, 0.2) is 18.2 Å². The maximum Gasteiger partial charge on any atom is 0.252 e. The molecule has 0 aliphatic rings. The molecule has 0 aromatic heterocycles. The molecule has 0 saturated carbocycles. The van der Waals surface area contributed by atoms with Crippen molar-refractivity contribution in [2.75, 3.05) is 12.3 Å². The molecule has 0 unspecified atom stereocenters. The number of hydrogen-bond donors (Lipinski definition) is 2. The third kappa shape index (κ3) is 4.18. The van der Waals surface area contributed by atoms with E-state index in [1.165, 1.54) is 0 Å². The Morgan fingerprint density at radius 1 is 1.47 bits per heavy atom. The van der Waals surface area contributed by atoms with Crippen LogP contribution in [0, 0.1) is 16.7 Å². The fourth-order valence-electron chi connectivity index (χ4n) is 1.65. The Hall–Kier alpha value is -2.22. The molecule has 0 heterocycles. The first-order chi connectivity index (χ1) is 8.87. The molecule has 0 saturated heterocycles. The van der Waals surface area contributed by atoms with E-state index in [-0.39, 0.29) is 11.0 Å². The van der Waals surface area contributed by atoms with Crippen LogP contribution in [0.1, 0.15) is 37.0 Å². The topological polar surface area (TPSA) is 102 Å². The van der Waals surface area contributed by atoms with Crippen molar-refractivity contribution < 1.29 is 9.53 Å². The minimum atomic E-state index is -0.570. The molecule has 0 aliphatic heterocycles. The van der Waals surface area contributed by atoms with Crippen molar-refractivity contribution in [1.82, 2.24) is 0 Å². The molecule has 0 aliphatic carbocycles. The summed E-state index contributed by atoms with van der Waals surface area (Å²) in [5.41, 5.74) is 11.3. The zero-order valence-corrected chi connectivity index (χ0v) is 11.3. The number of ether oxygens (including phenoxy) is 1. The van der Waals surface area contributed by atoms with Crippen LogP contribution >= 0.6 is 0 Å². The first-order valence-corrected chi connectivity index (χ1v) is 6.10. The van der Waals surface area contributed by atoms with Gasteiger partial charge in [0, 0.05) is 0 Å². The van der Waals surface area contributed by atoms with Gasteiger partial charge in [0.1, 0.15) is 0 Å². The second kappa shape index (κ2) is 6.10. The number of carbonyl (C=O) groups is 1. The van der Waals surface area contributed by atoms with E-state index >= 15 is 0 Å². The fraction of sp³-hybridized carbons (Fsp3) is 0.429. The van der Waals surface area contributed by atoms with Gasteiger partial charge in [-0.05, 0) is 38.8 Å². The van der Waals surface area contributed by atoms with Crippen molar-refractivity contribution in [3.05, 3.63) is 23.8 Å². The van der Waals surface area contributed by atoms with Crippen LogP contribution in [0.4, 0.5) is 5.69 Å². The highest BCUT2D eigenvalue weighted by atomic mass is 16.5. The Kier molecular flexibility index (Phi) is 4.76. The van der Waals surface area contributed by atoms with Gasteiger partial charge in [0.2, 0.25) is 0 Å². The Balaban J connectivity index is 2.64. The number of nitrogen functional groups attached to an aromatic ring is 1. The highest BCUT2D eigenvalue weighted by Gasteiger charge is 2.17. The van der Waals surface area contributed by atoms with E-state index in [4.69, 9.17) is 21.5 Å². The number of carbonyl (C=O) groups excluding carboxylic acids is 1. The van der Waals surface area contributed by atoms with Gasteiger partial charge in [-0.25, -0.2) is 0 Å². The highest BCUT2D eigenvalue weighted by molar-refractivity contribution is 5.97. The van der Waals surface area contributed by atoms with E-state index < -0.39 is 5.91 Å². The molecule has 5 nitrogen and oxygen atoms in total. The summed E-state index contributed by atoms with van der Waals surface area (Å²) >= 11 is 0. The highest BCUT2D eigenvalue weighted by Crippen LogP contribution is 2.27. The molecule has 102 valence electrons. The van der Waals surface area contributed by atoms with Gasteiger partial charge in [-0.3, -0.25) is 4.79 Å². The lowest BCUT2D eigenvalue weighted by atomic mass is 9.90. The molecule has 1 aromatic carbocycles. The van der Waals surface area contributed by atoms with Gasteiger partial charge in [0.15, 0.2) is 5.75 Å². The summed E-state index contributed by atoms with van der Waals surface area (Å²) in [7, 11) is 0. The number of benzene rings is 1. The van der Waals surface area contributed by atoms with Crippen molar-refractivity contribution in [3.63, 3.8) is 0 Å². The Labute approximate surface area is 113 Å². The molecule has 0 radical (unpaired) electrons. The summed E-state index contributed by atoms with van der Waals surface area (Å²) in [5.74, 6) is -0.246. The number of nitriles is 1. The number of primary amides is 1. The summed E-state index contributed by atoms with van der Waals surface area (Å²) in [6.07, 6.45) is 1.41. The van der Waals surface area contributed by atoms with Crippen LogP contribution in [0.3, 0.4) is 0 Å². The average Bonchev–Trinajstić information content (AvgIpc) is 2.35. The maximum absolute atomic E-state index is 11.3. The lowest BCUT2D eigenvalue weighted by Crippen LogP contribution is -2.15. The quantitative estimate of drug-likeness (QED) is 0.604. The number of para-hydroxylation sites is 1. The van der Waals surface area contributed by atoms with Crippen LogP contribution in [-0.2, 0) is 0 Å². The van der Waals surface area contributed by atoms with Gasteiger partial charge in [0.05, 0.1) is 29.3 Å². The van der Waals surface area contributed by atoms with Crippen molar-refractivity contribution in [3.8, 4) is 11.8 Å². The van der Waals surface area contributed by atoms with E-state index in [2.05, 4.69) is 6.07 Å². The summed E-state index contributed by atoms with van der Waals surface area (Å²) in [6.45, 7) is 4.14. The molecule has 1 aromatic rings. The van der Waals surface area contributed by atoms with Crippen molar-refractivity contribution in [2.24, 2.45) is 11.1 Å². The molecule has 4 N–H and O–H groups in total. The van der Waals surface area contributed by atoms with E-state index in [9.17, 15) is 4.79 Å². The lowest BCUT2D eigenvalue weighted by Gasteiger charge is -2.16. The van der Waals surface area contributed by atoms with Crippen LogP contribution in [0.25, 0.3) is 0 Å². The number of nitrogens with zero attached hydrogens (tertiary/aromatic N) is 1. The van der Waals surface area contributed by atoms with E-state index in [1.807, 2.05) is 13.8 Å². The zero-order valence-electron chi connectivity index (χ0n) is 11.3. The van der Waals surface area contributed by atoms with Gasteiger partial charge in [0.25, 0.3) is 5.91 Å². The summed E-state index contributed by atoms with van der Waals surface area (Å²) < 4.78 is 5.53. The molecule has 0 spiro atoms. The Morgan fingerprint density at radius 2 is 2.16 bits per heavy atom. The maximum atomic E-state index is 11.3. The Bertz CT molecular complexity index is 504. The Morgan fingerprint density at radius 3 is 2.74 bits per heavy atom. The third-order valence-electron chi connectivity index (χ3n) is 2.81. The predicted octanol–water partition coefficient (Wildman–Crippen LogP) is 2.08. The predicted molar refractivity (Wildman–Crippen MR) is 73.5 cm³/mol. The van der Waals surface area contributed by atoms with E-state index in [0.717, 1.165) is 0 Å². The molecule has 0 bridgehead atoms. The largest absolute Gasteiger partial charge is 0.491 e. The lowest BCUT2D eigenvalue weighted by molar-refractivity contribution is 0.0996. The van der Waals surface area contributed by atoms with Crippen molar-refractivity contribution in [2.45, 2.75) is 26.7 Å². The number of hydrogen-bond acceptors (Lipinski definition) is 4. The fourth-order valence-corrected chi connectivity index (χ4v) is 1.65. The minimum Gasteiger partial charge on any atom is -0.491 e. The van der Waals surface area contributed by atoms with E-state index in [1.54, 1.807) is 18.2 Å². The first kappa shape index (κ1) is 14.8. The van der Waals surface area contributed by atoms with Gasteiger partial charge in [-0.15, -0.1) is 0 Å². The van der Waals surface area contributed by atoms with Crippen LogP contribution in [0.2, 0.25) is 0 Å². The molecule has 1 amide bonds. The number of nitrogens with two attached hydrogens (primary N) is 2. The van der Waals surface area contributed by atoms with E-state index in [0.29, 0.717) is 30.9 Å². The van der Waals surface area contributed by atoms with Crippen molar-refractivity contribution in [1.29, 1.82) is 5.26 Å². The van der Waals surface area contributed by atoms with Crippen molar-refractivity contribution >= 4 is 11.6 Å². The molecule has 19 heavy (non-hydrogen) atoms. The second-order valence-electron chi connectivity index (χ2n) is 5.04. The molecular weight excluding hydrogens is 242 g/mol. The number of anilines is 1. The third-order valence-corrected chi connectivity index (χ3v) is 2.81. The molecule has 0 atom stereocenters. The average molecular weight is 261 g/mol. The normalized spacial score (nSPS) is 10.8. The smallest absolute Gasteiger partial charge is 0.252 e. The van der Waals surface area contributed by atoms with Gasteiger partial charge < -0.3 is 16.2 Å². The molecule has 1 rings (SSSR count).